The number of carbonyl (C=O) groups excluding carboxylic acids is 1. The number of alkyl halides is 8. The molecule has 4 rings (SSSR count). The molecule has 1 aliphatic rings. The topological polar surface area (TPSA) is 68.5 Å². The van der Waals surface area contributed by atoms with E-state index in [0.29, 0.717) is 10.7 Å². The van der Waals surface area contributed by atoms with Gasteiger partial charge in [-0.15, -0.1) is 0 Å². The second-order valence-corrected chi connectivity index (χ2v) is 9.09. The highest BCUT2D eigenvalue weighted by Gasteiger charge is 2.64. The van der Waals surface area contributed by atoms with Crippen LogP contribution in [0, 0.1) is 0 Å². The van der Waals surface area contributed by atoms with Crippen LogP contribution < -0.4 is 5.32 Å². The minimum Gasteiger partial charge on any atom is -0.471 e. The van der Waals surface area contributed by atoms with Gasteiger partial charge in [-0.3, -0.25) is 9.48 Å². The predicted octanol–water partition coefficient (Wildman–Crippen LogP) is 7.47. The number of allylic oxidation sites excluding steroid dienone is 1. The van der Waals surface area contributed by atoms with Crippen LogP contribution in [0.2, 0.25) is 10.0 Å². The summed E-state index contributed by atoms with van der Waals surface area (Å²) in [5, 5.41) is 5.89. The predicted molar refractivity (Wildman–Crippen MR) is 129 cm³/mol. The van der Waals surface area contributed by atoms with E-state index in [-0.39, 0.29) is 26.6 Å². The monoisotopic (exact) mass is 612 g/mol. The van der Waals surface area contributed by atoms with E-state index in [1.54, 1.807) is 0 Å². The van der Waals surface area contributed by atoms with E-state index in [9.17, 15) is 39.9 Å². The number of aryl methyl sites for hydroxylation is 1. The summed E-state index contributed by atoms with van der Waals surface area (Å²) in [6.45, 7) is -0.621. The number of benzene rings is 2. The highest BCUT2D eigenvalue weighted by atomic mass is 35.5. The lowest BCUT2D eigenvalue weighted by atomic mass is 10.0. The van der Waals surface area contributed by atoms with Gasteiger partial charge in [-0.05, 0) is 42.5 Å². The molecule has 0 fully saturated rings. The summed E-state index contributed by atoms with van der Waals surface area (Å²) < 4.78 is 114. The Kier molecular flexibility index (Phi) is 7.62. The van der Waals surface area contributed by atoms with Crippen LogP contribution in [0.1, 0.15) is 32.9 Å². The summed E-state index contributed by atoms with van der Waals surface area (Å²) >= 11 is 12.0. The first-order valence-corrected chi connectivity index (χ1v) is 11.6. The number of hydrogen-bond donors (Lipinski definition) is 1. The van der Waals surface area contributed by atoms with Crippen molar-refractivity contribution < 1.29 is 44.7 Å². The first kappa shape index (κ1) is 29.3. The molecule has 3 aromatic rings. The van der Waals surface area contributed by atoms with Crippen LogP contribution in [0.5, 0.6) is 0 Å². The molecule has 16 heteroatoms. The number of rotatable bonds is 5. The first-order valence-electron chi connectivity index (χ1n) is 10.9. The Hall–Kier alpha value is -3.65. The molecule has 0 spiro atoms. The third-order valence-corrected chi connectivity index (χ3v) is 6.13. The standard InChI is InChI=1S/C24H14Cl2F8N4O2/c1-38-19(18(23(29,30)31)20(37-38)22(27,28)24(32,33)34)16-9-17(40-10-35-16)11-2-7-15(26)14(8-11)21(39)36-13-5-3-12(25)4-6-13/h2-9H,10H2,1H3,(H,36,39). The van der Waals surface area contributed by atoms with E-state index in [2.05, 4.69) is 15.4 Å². The second-order valence-electron chi connectivity index (χ2n) is 8.25. The zero-order valence-electron chi connectivity index (χ0n) is 19.8. The number of nitrogens with zero attached hydrogens (tertiary/aromatic N) is 3. The zero-order chi connectivity index (χ0) is 29.6. The minimum absolute atomic E-state index is 0.00512. The van der Waals surface area contributed by atoms with Crippen molar-refractivity contribution in [2.24, 2.45) is 12.0 Å². The van der Waals surface area contributed by atoms with Crippen molar-refractivity contribution in [3.05, 3.63) is 86.7 Å². The molecule has 0 unspecified atom stereocenters. The average molecular weight is 613 g/mol. The van der Waals surface area contributed by atoms with Crippen LogP contribution in [0.4, 0.5) is 40.8 Å². The van der Waals surface area contributed by atoms with Crippen molar-refractivity contribution in [3.8, 4) is 0 Å². The Morgan fingerprint density at radius 1 is 1.00 bits per heavy atom. The number of halogens is 10. The van der Waals surface area contributed by atoms with Crippen LogP contribution in [-0.4, -0.2) is 34.3 Å². The molecule has 2 aromatic carbocycles. The van der Waals surface area contributed by atoms with E-state index in [1.165, 1.54) is 42.5 Å². The SMILES string of the molecule is Cn1nc(C(F)(F)C(F)(F)F)c(C(F)(F)F)c1C1=NCOC(c2ccc(Cl)c(C(=O)Nc3ccc(Cl)cc3)c2)=C1. The van der Waals surface area contributed by atoms with E-state index in [0.717, 1.165) is 13.1 Å². The largest absolute Gasteiger partial charge is 0.471 e. The van der Waals surface area contributed by atoms with Crippen molar-refractivity contribution in [2.45, 2.75) is 18.3 Å². The summed E-state index contributed by atoms with van der Waals surface area (Å²) in [6.07, 6.45) is -11.1. The maximum Gasteiger partial charge on any atom is 0.459 e. The molecule has 0 saturated heterocycles. The summed E-state index contributed by atoms with van der Waals surface area (Å²) in [4.78, 5) is 16.5. The maximum atomic E-state index is 14.1. The highest BCUT2D eigenvalue weighted by molar-refractivity contribution is 6.34. The number of amides is 1. The fourth-order valence-electron chi connectivity index (χ4n) is 3.72. The molecule has 0 radical (unpaired) electrons. The number of hydrogen-bond acceptors (Lipinski definition) is 4. The van der Waals surface area contributed by atoms with E-state index < -0.39 is 53.6 Å². The molecule has 0 atom stereocenters. The lowest BCUT2D eigenvalue weighted by Crippen LogP contribution is -2.36. The maximum absolute atomic E-state index is 14.1. The minimum atomic E-state index is -6.34. The molecule has 6 nitrogen and oxygen atoms in total. The Morgan fingerprint density at radius 2 is 1.65 bits per heavy atom. The highest BCUT2D eigenvalue weighted by Crippen LogP contribution is 2.48. The first-order chi connectivity index (χ1) is 18.5. The van der Waals surface area contributed by atoms with Gasteiger partial charge in [0.1, 0.15) is 11.3 Å². The normalized spacial score (nSPS) is 14.4. The molecular weight excluding hydrogens is 599 g/mol. The number of ether oxygens (including phenoxy) is 1. The van der Waals surface area contributed by atoms with Gasteiger partial charge >= 0.3 is 18.3 Å². The van der Waals surface area contributed by atoms with Crippen molar-refractivity contribution in [3.63, 3.8) is 0 Å². The van der Waals surface area contributed by atoms with Gasteiger partial charge in [-0.2, -0.15) is 40.2 Å². The Morgan fingerprint density at radius 3 is 2.25 bits per heavy atom. The third kappa shape index (κ3) is 5.63. The van der Waals surface area contributed by atoms with Gasteiger partial charge in [0, 0.05) is 29.4 Å². The molecule has 1 aromatic heterocycles. The van der Waals surface area contributed by atoms with Gasteiger partial charge in [-0.25, -0.2) is 4.99 Å². The smallest absolute Gasteiger partial charge is 0.459 e. The molecule has 0 aliphatic carbocycles. The lowest BCUT2D eigenvalue weighted by molar-refractivity contribution is -0.292. The van der Waals surface area contributed by atoms with Gasteiger partial charge in [-0.1, -0.05) is 23.2 Å². The van der Waals surface area contributed by atoms with E-state index in [1.807, 2.05) is 0 Å². The summed E-state index contributed by atoms with van der Waals surface area (Å²) in [6, 6.07) is 10.0. The lowest BCUT2D eigenvalue weighted by Gasteiger charge is -2.20. The van der Waals surface area contributed by atoms with Crippen molar-refractivity contribution in [1.29, 1.82) is 0 Å². The Labute approximate surface area is 229 Å². The van der Waals surface area contributed by atoms with E-state index in [4.69, 9.17) is 27.9 Å². The fraction of sp³-hybridized carbons (Fsp3) is 0.208. The Bertz CT molecular complexity index is 1530. The van der Waals surface area contributed by atoms with Crippen LogP contribution in [0.15, 0.2) is 53.5 Å². The molecule has 2 heterocycles. The van der Waals surface area contributed by atoms with Gasteiger partial charge < -0.3 is 10.1 Å². The number of carbonyl (C=O) groups is 1. The van der Waals surface area contributed by atoms with Gasteiger partial charge in [0.15, 0.2) is 12.4 Å². The summed E-state index contributed by atoms with van der Waals surface area (Å²) in [5.74, 6) is -6.74. The van der Waals surface area contributed by atoms with Crippen molar-refractivity contribution in [1.82, 2.24) is 9.78 Å². The average Bonchev–Trinajstić information content (AvgIpc) is 3.23. The third-order valence-electron chi connectivity index (χ3n) is 5.55. The number of anilines is 1. The van der Waals surface area contributed by atoms with Crippen LogP contribution >= 0.6 is 23.2 Å². The zero-order valence-corrected chi connectivity index (χ0v) is 21.3. The van der Waals surface area contributed by atoms with Crippen molar-refractivity contribution in [2.75, 3.05) is 12.0 Å². The van der Waals surface area contributed by atoms with E-state index >= 15 is 0 Å². The molecule has 1 aliphatic heterocycles. The van der Waals surface area contributed by atoms with Crippen molar-refractivity contribution >= 4 is 46.3 Å². The molecule has 40 heavy (non-hydrogen) atoms. The summed E-state index contributed by atoms with van der Waals surface area (Å²) in [5.41, 5.74) is -6.15. The number of aromatic nitrogens is 2. The quantitative estimate of drug-likeness (QED) is 0.304. The van der Waals surface area contributed by atoms with Gasteiger partial charge in [0.05, 0.1) is 22.0 Å². The molecule has 1 amide bonds. The number of aliphatic imine (C=N–C) groups is 1. The molecule has 1 N–H and O–H groups in total. The van der Waals surface area contributed by atoms with Crippen LogP contribution in [-0.2, 0) is 23.9 Å². The van der Waals surface area contributed by atoms with Gasteiger partial charge in [0.2, 0.25) is 0 Å². The molecule has 212 valence electrons. The number of nitrogens with one attached hydrogen (secondary N) is 1. The fourth-order valence-corrected chi connectivity index (χ4v) is 4.05. The molecule has 0 bridgehead atoms. The second kappa shape index (κ2) is 10.4. The molecule has 0 saturated carbocycles. The van der Waals surface area contributed by atoms with Crippen LogP contribution in [0.25, 0.3) is 5.76 Å². The van der Waals surface area contributed by atoms with Gasteiger partial charge in [0.25, 0.3) is 5.91 Å². The summed E-state index contributed by atoms with van der Waals surface area (Å²) in [7, 11) is 0.771. The van der Waals surface area contributed by atoms with Crippen LogP contribution in [0.3, 0.4) is 0 Å². The molecular formula is C24H14Cl2F8N4O2. The Balaban J connectivity index is 1.75.